The molecule has 182 valence electrons. The molecule has 0 aromatic heterocycles. The SMILES string of the molecule is Cc1ccc(C(=O)CCC(=O)OCC(=O)N2CCN(c3cccc(C(F)(F)F)c3)CC2)cc1C. The molecule has 1 aliphatic heterocycles. The van der Waals surface area contributed by atoms with Crippen LogP contribution >= 0.6 is 0 Å². The second kappa shape index (κ2) is 10.7. The fraction of sp³-hybridized carbons (Fsp3) is 0.400. The highest BCUT2D eigenvalue weighted by molar-refractivity contribution is 5.97. The van der Waals surface area contributed by atoms with Crippen LogP contribution in [0.3, 0.4) is 0 Å². The molecular weight excluding hydrogens is 449 g/mol. The topological polar surface area (TPSA) is 66.9 Å². The van der Waals surface area contributed by atoms with Crippen molar-refractivity contribution in [1.82, 2.24) is 4.90 Å². The van der Waals surface area contributed by atoms with Gasteiger partial charge in [-0.25, -0.2) is 0 Å². The Morgan fingerprint density at radius 3 is 2.26 bits per heavy atom. The number of anilines is 1. The summed E-state index contributed by atoms with van der Waals surface area (Å²) >= 11 is 0. The van der Waals surface area contributed by atoms with Crippen molar-refractivity contribution in [2.75, 3.05) is 37.7 Å². The maximum absolute atomic E-state index is 12.9. The van der Waals surface area contributed by atoms with Gasteiger partial charge in [0.1, 0.15) is 0 Å². The fourth-order valence-corrected chi connectivity index (χ4v) is 3.67. The Kier molecular flexibility index (Phi) is 7.96. The summed E-state index contributed by atoms with van der Waals surface area (Å²) in [4.78, 5) is 39.9. The molecule has 6 nitrogen and oxygen atoms in total. The van der Waals surface area contributed by atoms with Gasteiger partial charge in [0.05, 0.1) is 12.0 Å². The number of ether oxygens (including phenoxy) is 1. The summed E-state index contributed by atoms with van der Waals surface area (Å²) in [6.45, 7) is 4.77. The number of amides is 1. The molecule has 1 fully saturated rings. The maximum Gasteiger partial charge on any atom is 0.416 e. The minimum Gasteiger partial charge on any atom is -0.456 e. The number of aryl methyl sites for hydroxylation is 2. The van der Waals surface area contributed by atoms with E-state index in [1.54, 1.807) is 23.1 Å². The van der Waals surface area contributed by atoms with Crippen LogP contribution in [0.1, 0.15) is 39.9 Å². The third kappa shape index (κ3) is 6.59. The predicted octanol–water partition coefficient (Wildman–Crippen LogP) is 4.18. The lowest BCUT2D eigenvalue weighted by atomic mass is 10.0. The summed E-state index contributed by atoms with van der Waals surface area (Å²) in [5.74, 6) is -1.18. The van der Waals surface area contributed by atoms with Crippen LogP contribution in [0, 0.1) is 13.8 Å². The molecule has 1 saturated heterocycles. The predicted molar refractivity (Wildman–Crippen MR) is 121 cm³/mol. The van der Waals surface area contributed by atoms with E-state index in [4.69, 9.17) is 4.74 Å². The first kappa shape index (κ1) is 25.3. The van der Waals surface area contributed by atoms with Gasteiger partial charge in [-0.3, -0.25) is 14.4 Å². The number of esters is 1. The zero-order valence-corrected chi connectivity index (χ0v) is 19.2. The summed E-state index contributed by atoms with van der Waals surface area (Å²) in [6, 6.07) is 10.4. The number of halogens is 3. The standard InChI is InChI=1S/C25H27F3N2O4/c1-17-6-7-19(14-18(17)2)22(31)8-9-24(33)34-16-23(32)30-12-10-29(11-13-30)21-5-3-4-20(15-21)25(26,27)28/h3-7,14-15H,8-13,16H2,1-2H3. The van der Waals surface area contributed by atoms with Gasteiger partial charge in [0, 0.05) is 43.9 Å². The van der Waals surface area contributed by atoms with E-state index in [0.29, 0.717) is 37.4 Å². The molecule has 2 aromatic rings. The normalized spacial score (nSPS) is 14.1. The van der Waals surface area contributed by atoms with Crippen molar-refractivity contribution in [3.8, 4) is 0 Å². The molecule has 0 bridgehead atoms. The molecule has 0 spiro atoms. The van der Waals surface area contributed by atoms with E-state index in [1.165, 1.54) is 11.0 Å². The minimum absolute atomic E-state index is 0.00874. The average molecular weight is 476 g/mol. The number of ketones is 1. The highest BCUT2D eigenvalue weighted by Crippen LogP contribution is 2.31. The Bertz CT molecular complexity index is 1060. The number of hydrogen-bond acceptors (Lipinski definition) is 5. The van der Waals surface area contributed by atoms with E-state index < -0.39 is 24.3 Å². The third-order valence-corrected chi connectivity index (χ3v) is 5.91. The molecule has 2 aromatic carbocycles. The lowest BCUT2D eigenvalue weighted by Gasteiger charge is -2.36. The molecule has 34 heavy (non-hydrogen) atoms. The van der Waals surface area contributed by atoms with Gasteiger partial charge in [0.2, 0.25) is 0 Å². The first-order valence-corrected chi connectivity index (χ1v) is 11.0. The fourth-order valence-electron chi connectivity index (χ4n) is 3.67. The maximum atomic E-state index is 12.9. The summed E-state index contributed by atoms with van der Waals surface area (Å²) in [5.41, 5.74) is 2.33. The number of Topliss-reactive ketones (excluding diaryl/α,β-unsaturated/α-hetero) is 1. The molecular formula is C25H27F3N2O4. The van der Waals surface area contributed by atoms with Gasteiger partial charge in [0.25, 0.3) is 5.91 Å². The summed E-state index contributed by atoms with van der Waals surface area (Å²) in [6.07, 6.45) is -4.55. The molecule has 9 heteroatoms. The number of piperazine rings is 1. The number of rotatable bonds is 7. The molecule has 0 unspecified atom stereocenters. The van der Waals surface area contributed by atoms with Crippen molar-refractivity contribution < 1.29 is 32.3 Å². The van der Waals surface area contributed by atoms with Crippen LogP contribution in [-0.2, 0) is 20.5 Å². The second-order valence-electron chi connectivity index (χ2n) is 8.30. The monoisotopic (exact) mass is 476 g/mol. The first-order valence-electron chi connectivity index (χ1n) is 11.0. The molecule has 3 rings (SSSR count). The van der Waals surface area contributed by atoms with Crippen molar-refractivity contribution >= 4 is 23.3 Å². The van der Waals surface area contributed by atoms with E-state index in [1.807, 2.05) is 19.9 Å². The number of hydrogen-bond donors (Lipinski definition) is 0. The minimum atomic E-state index is -4.42. The zero-order chi connectivity index (χ0) is 24.9. The molecule has 0 saturated carbocycles. The lowest BCUT2D eigenvalue weighted by Crippen LogP contribution is -2.50. The zero-order valence-electron chi connectivity index (χ0n) is 19.2. The highest BCUT2D eigenvalue weighted by Gasteiger charge is 2.31. The van der Waals surface area contributed by atoms with Crippen LogP contribution in [0.5, 0.6) is 0 Å². The molecule has 1 aliphatic rings. The van der Waals surface area contributed by atoms with Crippen molar-refractivity contribution in [2.24, 2.45) is 0 Å². The van der Waals surface area contributed by atoms with Crippen LogP contribution in [0.25, 0.3) is 0 Å². The van der Waals surface area contributed by atoms with Crippen molar-refractivity contribution in [2.45, 2.75) is 32.9 Å². The van der Waals surface area contributed by atoms with Crippen LogP contribution in [-0.4, -0.2) is 55.3 Å². The molecule has 0 radical (unpaired) electrons. The largest absolute Gasteiger partial charge is 0.456 e. The Balaban J connectivity index is 1.41. The van der Waals surface area contributed by atoms with E-state index in [9.17, 15) is 27.6 Å². The Hall–Kier alpha value is -3.36. The summed E-state index contributed by atoms with van der Waals surface area (Å²) in [7, 11) is 0. The molecule has 0 N–H and O–H groups in total. The van der Waals surface area contributed by atoms with Gasteiger partial charge < -0.3 is 14.5 Å². The molecule has 0 aliphatic carbocycles. The smallest absolute Gasteiger partial charge is 0.416 e. The summed E-state index contributed by atoms with van der Waals surface area (Å²) < 4.78 is 43.8. The number of carbonyl (C=O) groups is 3. The van der Waals surface area contributed by atoms with Gasteiger partial charge in [-0.1, -0.05) is 18.2 Å². The van der Waals surface area contributed by atoms with Crippen molar-refractivity contribution in [3.63, 3.8) is 0 Å². The Labute approximate surface area is 196 Å². The van der Waals surface area contributed by atoms with Gasteiger partial charge in [-0.15, -0.1) is 0 Å². The Morgan fingerprint density at radius 1 is 0.912 bits per heavy atom. The van der Waals surface area contributed by atoms with Crippen molar-refractivity contribution in [3.05, 3.63) is 64.7 Å². The summed E-state index contributed by atoms with van der Waals surface area (Å²) in [5, 5.41) is 0. The van der Waals surface area contributed by atoms with Crippen LogP contribution in [0.4, 0.5) is 18.9 Å². The number of alkyl halides is 3. The van der Waals surface area contributed by atoms with E-state index in [-0.39, 0.29) is 24.5 Å². The van der Waals surface area contributed by atoms with Crippen LogP contribution < -0.4 is 4.90 Å². The van der Waals surface area contributed by atoms with Crippen LogP contribution in [0.15, 0.2) is 42.5 Å². The van der Waals surface area contributed by atoms with Gasteiger partial charge in [-0.2, -0.15) is 13.2 Å². The molecule has 1 heterocycles. The van der Waals surface area contributed by atoms with Gasteiger partial charge >= 0.3 is 12.1 Å². The number of benzene rings is 2. The third-order valence-electron chi connectivity index (χ3n) is 5.91. The average Bonchev–Trinajstić information content (AvgIpc) is 2.82. The molecule has 0 atom stereocenters. The van der Waals surface area contributed by atoms with E-state index in [0.717, 1.165) is 23.3 Å². The molecule has 1 amide bonds. The van der Waals surface area contributed by atoms with Gasteiger partial charge in [-0.05, 0) is 49.2 Å². The number of nitrogens with zero attached hydrogens (tertiary/aromatic N) is 2. The van der Waals surface area contributed by atoms with Crippen molar-refractivity contribution in [1.29, 1.82) is 0 Å². The lowest BCUT2D eigenvalue weighted by molar-refractivity contribution is -0.152. The number of carbonyl (C=O) groups excluding carboxylic acids is 3. The van der Waals surface area contributed by atoms with Gasteiger partial charge in [0.15, 0.2) is 12.4 Å². The van der Waals surface area contributed by atoms with E-state index in [2.05, 4.69) is 0 Å². The van der Waals surface area contributed by atoms with Crippen LogP contribution in [0.2, 0.25) is 0 Å². The second-order valence-corrected chi connectivity index (χ2v) is 8.30. The highest BCUT2D eigenvalue weighted by atomic mass is 19.4. The first-order chi connectivity index (χ1) is 16.0. The van der Waals surface area contributed by atoms with E-state index >= 15 is 0 Å². The quantitative estimate of drug-likeness (QED) is 0.443. The Morgan fingerprint density at radius 2 is 1.62 bits per heavy atom.